The standard InChI is InChI=1S/C16H16N4O4/c1-3-24-14-11(16(22)23)7-20-13(14)15(17-8-18-20)19-10-5-4-9(2)12(21)6-10/h4-8,21H,3H2,1-2H3,(H,22,23)(H,17,18,19). The Labute approximate surface area is 137 Å². The number of carboxylic acids is 1. The van der Waals surface area contributed by atoms with Crippen molar-refractivity contribution in [2.75, 3.05) is 11.9 Å². The van der Waals surface area contributed by atoms with E-state index in [0.29, 0.717) is 23.6 Å². The molecular weight excluding hydrogens is 312 g/mol. The first-order chi connectivity index (χ1) is 11.5. The number of nitrogens with zero attached hydrogens (tertiary/aromatic N) is 3. The molecule has 0 aliphatic heterocycles. The Balaban J connectivity index is 2.13. The van der Waals surface area contributed by atoms with Gasteiger partial charge in [0.2, 0.25) is 0 Å². The van der Waals surface area contributed by atoms with Gasteiger partial charge in [-0.3, -0.25) is 0 Å². The number of aromatic carboxylic acids is 1. The highest BCUT2D eigenvalue weighted by atomic mass is 16.5. The second-order valence-electron chi connectivity index (χ2n) is 5.14. The third-order valence-electron chi connectivity index (χ3n) is 3.52. The van der Waals surface area contributed by atoms with Crippen LogP contribution in [0.2, 0.25) is 0 Å². The molecule has 0 atom stereocenters. The van der Waals surface area contributed by atoms with Gasteiger partial charge in [0.05, 0.1) is 6.61 Å². The number of ether oxygens (including phenoxy) is 1. The number of aromatic nitrogens is 3. The summed E-state index contributed by atoms with van der Waals surface area (Å²) in [4.78, 5) is 15.6. The quantitative estimate of drug-likeness (QED) is 0.660. The molecule has 0 radical (unpaired) electrons. The number of fused-ring (bicyclic) bond motifs is 1. The van der Waals surface area contributed by atoms with Gasteiger partial charge in [-0.05, 0) is 25.5 Å². The highest BCUT2D eigenvalue weighted by Gasteiger charge is 2.21. The topological polar surface area (TPSA) is 109 Å². The molecule has 2 aromatic heterocycles. The van der Waals surface area contributed by atoms with Gasteiger partial charge in [0.1, 0.15) is 17.6 Å². The maximum Gasteiger partial charge on any atom is 0.341 e. The number of anilines is 2. The first kappa shape index (κ1) is 15.6. The summed E-state index contributed by atoms with van der Waals surface area (Å²) < 4.78 is 6.90. The smallest absolute Gasteiger partial charge is 0.341 e. The summed E-state index contributed by atoms with van der Waals surface area (Å²) in [6.07, 6.45) is 2.69. The SMILES string of the molecule is CCOc1c(C(=O)O)cn2ncnc(Nc3ccc(C)c(O)c3)c12. The van der Waals surface area contributed by atoms with Gasteiger partial charge in [-0.25, -0.2) is 14.3 Å². The van der Waals surface area contributed by atoms with E-state index in [9.17, 15) is 15.0 Å². The first-order valence-electron chi connectivity index (χ1n) is 7.30. The summed E-state index contributed by atoms with van der Waals surface area (Å²) in [6, 6.07) is 5.12. The number of nitrogens with one attached hydrogen (secondary N) is 1. The van der Waals surface area contributed by atoms with Crippen LogP contribution in [0.15, 0.2) is 30.7 Å². The Bertz CT molecular complexity index is 920. The fourth-order valence-corrected chi connectivity index (χ4v) is 2.34. The van der Waals surface area contributed by atoms with E-state index in [1.165, 1.54) is 17.0 Å². The van der Waals surface area contributed by atoms with Gasteiger partial charge in [-0.15, -0.1) is 0 Å². The lowest BCUT2D eigenvalue weighted by molar-refractivity contribution is 0.0693. The molecule has 1 aromatic carbocycles. The number of rotatable bonds is 5. The van der Waals surface area contributed by atoms with E-state index in [-0.39, 0.29) is 17.1 Å². The van der Waals surface area contributed by atoms with Crippen molar-refractivity contribution in [3.05, 3.63) is 41.9 Å². The van der Waals surface area contributed by atoms with E-state index in [4.69, 9.17) is 4.74 Å². The third kappa shape index (κ3) is 2.69. The summed E-state index contributed by atoms with van der Waals surface area (Å²) >= 11 is 0. The van der Waals surface area contributed by atoms with Crippen LogP contribution >= 0.6 is 0 Å². The number of hydrogen-bond donors (Lipinski definition) is 3. The van der Waals surface area contributed by atoms with Crippen LogP contribution in [0.25, 0.3) is 5.52 Å². The van der Waals surface area contributed by atoms with Crippen molar-refractivity contribution in [2.45, 2.75) is 13.8 Å². The lowest BCUT2D eigenvalue weighted by atomic mass is 10.2. The van der Waals surface area contributed by atoms with Crippen LogP contribution in [0.5, 0.6) is 11.5 Å². The van der Waals surface area contributed by atoms with Crippen LogP contribution in [-0.2, 0) is 0 Å². The molecule has 0 saturated heterocycles. The molecule has 8 heteroatoms. The van der Waals surface area contributed by atoms with Crippen LogP contribution in [0.4, 0.5) is 11.5 Å². The zero-order valence-corrected chi connectivity index (χ0v) is 13.1. The molecule has 0 spiro atoms. The molecule has 0 saturated carbocycles. The second kappa shape index (κ2) is 6.07. The molecule has 0 aliphatic rings. The molecule has 3 N–H and O–H groups in total. The van der Waals surface area contributed by atoms with E-state index in [1.807, 2.05) is 0 Å². The van der Waals surface area contributed by atoms with Crippen LogP contribution in [0.1, 0.15) is 22.8 Å². The Morgan fingerprint density at radius 2 is 2.21 bits per heavy atom. The Morgan fingerprint density at radius 3 is 2.88 bits per heavy atom. The van der Waals surface area contributed by atoms with E-state index in [1.54, 1.807) is 32.0 Å². The van der Waals surface area contributed by atoms with E-state index >= 15 is 0 Å². The number of hydrogen-bond acceptors (Lipinski definition) is 6. The fraction of sp³-hybridized carbons (Fsp3) is 0.188. The Kier molecular flexibility index (Phi) is 3.95. The highest BCUT2D eigenvalue weighted by molar-refractivity contribution is 5.97. The van der Waals surface area contributed by atoms with Crippen LogP contribution in [-0.4, -0.2) is 37.4 Å². The molecular formula is C16H16N4O4. The molecule has 8 nitrogen and oxygen atoms in total. The monoisotopic (exact) mass is 328 g/mol. The van der Waals surface area contributed by atoms with Crippen LogP contribution < -0.4 is 10.1 Å². The normalized spacial score (nSPS) is 10.8. The third-order valence-corrected chi connectivity index (χ3v) is 3.52. The van der Waals surface area contributed by atoms with Crippen LogP contribution in [0.3, 0.4) is 0 Å². The number of phenolic OH excluding ortho intramolecular Hbond substituents is 1. The predicted molar refractivity (Wildman–Crippen MR) is 87.2 cm³/mol. The minimum absolute atomic E-state index is 0.00662. The fourth-order valence-electron chi connectivity index (χ4n) is 2.34. The summed E-state index contributed by atoms with van der Waals surface area (Å²) in [5.74, 6) is -0.381. The maximum atomic E-state index is 11.4. The summed E-state index contributed by atoms with van der Waals surface area (Å²) in [6.45, 7) is 3.87. The zero-order chi connectivity index (χ0) is 17.3. The van der Waals surface area contributed by atoms with Gasteiger partial charge in [-0.1, -0.05) is 6.07 Å². The number of benzene rings is 1. The number of aromatic hydroxyl groups is 1. The number of carboxylic acid groups (broad SMARTS) is 1. The van der Waals surface area contributed by atoms with Crippen molar-refractivity contribution in [2.24, 2.45) is 0 Å². The highest BCUT2D eigenvalue weighted by Crippen LogP contribution is 2.33. The van der Waals surface area contributed by atoms with Crippen molar-refractivity contribution in [3.8, 4) is 11.5 Å². The first-order valence-corrected chi connectivity index (χ1v) is 7.30. The molecule has 3 aromatic rings. The number of carbonyl (C=O) groups is 1. The van der Waals surface area contributed by atoms with Gasteiger partial charge < -0.3 is 20.3 Å². The Morgan fingerprint density at radius 1 is 1.42 bits per heavy atom. The summed E-state index contributed by atoms with van der Waals surface area (Å²) in [5.41, 5.74) is 1.78. The van der Waals surface area contributed by atoms with Crippen molar-refractivity contribution < 1.29 is 19.7 Å². The summed E-state index contributed by atoms with van der Waals surface area (Å²) in [5, 5.41) is 26.3. The molecule has 3 rings (SSSR count). The van der Waals surface area contributed by atoms with Gasteiger partial charge in [0.25, 0.3) is 0 Å². The van der Waals surface area contributed by atoms with Crippen molar-refractivity contribution in [1.82, 2.24) is 14.6 Å². The predicted octanol–water partition coefficient (Wildman–Crippen LogP) is 2.58. The van der Waals surface area contributed by atoms with E-state index in [0.717, 1.165) is 5.56 Å². The van der Waals surface area contributed by atoms with Gasteiger partial charge in [0.15, 0.2) is 17.1 Å². The molecule has 0 unspecified atom stereocenters. The van der Waals surface area contributed by atoms with Gasteiger partial charge >= 0.3 is 5.97 Å². The largest absolute Gasteiger partial charge is 0.508 e. The summed E-state index contributed by atoms with van der Waals surface area (Å²) in [7, 11) is 0. The van der Waals surface area contributed by atoms with E-state index in [2.05, 4.69) is 15.4 Å². The molecule has 0 aliphatic carbocycles. The van der Waals surface area contributed by atoms with Crippen LogP contribution in [0, 0.1) is 6.92 Å². The molecule has 2 heterocycles. The van der Waals surface area contributed by atoms with E-state index < -0.39 is 5.97 Å². The molecule has 0 bridgehead atoms. The Hall–Kier alpha value is -3.29. The van der Waals surface area contributed by atoms with Crippen molar-refractivity contribution in [1.29, 1.82) is 0 Å². The van der Waals surface area contributed by atoms with Crippen molar-refractivity contribution in [3.63, 3.8) is 0 Å². The minimum atomic E-state index is -1.11. The lowest BCUT2D eigenvalue weighted by Crippen LogP contribution is -2.02. The molecule has 0 fully saturated rings. The second-order valence-corrected chi connectivity index (χ2v) is 5.14. The molecule has 24 heavy (non-hydrogen) atoms. The zero-order valence-electron chi connectivity index (χ0n) is 13.1. The van der Waals surface area contributed by atoms with Gasteiger partial charge in [-0.2, -0.15) is 5.10 Å². The lowest BCUT2D eigenvalue weighted by Gasteiger charge is -2.10. The molecule has 124 valence electrons. The molecule has 0 amide bonds. The van der Waals surface area contributed by atoms with Crippen molar-refractivity contribution >= 4 is 23.0 Å². The number of aryl methyl sites for hydroxylation is 1. The maximum absolute atomic E-state index is 11.4. The minimum Gasteiger partial charge on any atom is -0.508 e. The van der Waals surface area contributed by atoms with Gasteiger partial charge in [0, 0.05) is 18.0 Å². The number of phenols is 1. The average molecular weight is 328 g/mol. The average Bonchev–Trinajstić information content (AvgIpc) is 2.91.